The molecule has 0 saturated carbocycles. The molecule has 2 heterocycles. The average Bonchev–Trinajstić information content (AvgIpc) is 3.21. The van der Waals surface area contributed by atoms with Crippen LogP contribution in [0.5, 0.6) is 0 Å². The van der Waals surface area contributed by atoms with Gasteiger partial charge in [0.25, 0.3) is 5.91 Å². The molecule has 8 heteroatoms. The molecule has 1 atom stereocenters. The summed E-state index contributed by atoms with van der Waals surface area (Å²) in [5, 5.41) is 6.87. The van der Waals surface area contributed by atoms with Crippen LogP contribution in [-0.4, -0.2) is 22.7 Å². The van der Waals surface area contributed by atoms with Crippen molar-refractivity contribution in [3.05, 3.63) is 59.7 Å². The summed E-state index contributed by atoms with van der Waals surface area (Å²) in [6, 6.07) is 10.2. The number of nitrogens with zero attached hydrogens (tertiary/aromatic N) is 2. The van der Waals surface area contributed by atoms with Crippen molar-refractivity contribution in [1.29, 1.82) is 0 Å². The minimum atomic E-state index is -0.818. The third kappa shape index (κ3) is 3.20. The lowest BCUT2D eigenvalue weighted by Crippen LogP contribution is -2.27. The molecule has 5 nitrogen and oxygen atoms in total. The molecule has 0 bridgehead atoms. The predicted octanol–water partition coefficient (Wildman–Crippen LogP) is 3.71. The van der Waals surface area contributed by atoms with Gasteiger partial charge in [-0.05, 0) is 30.3 Å². The number of fused-ring (bicyclic) bond motifs is 1. The first-order chi connectivity index (χ1) is 12.1. The van der Waals surface area contributed by atoms with Crippen LogP contribution in [0.1, 0.15) is 12.0 Å². The summed E-state index contributed by atoms with van der Waals surface area (Å²) in [4.78, 5) is 21.7. The molecular formula is C17H11F2N3O2S. The second-order valence-corrected chi connectivity index (χ2v) is 6.50. The Bertz CT molecular complexity index is 1000. The van der Waals surface area contributed by atoms with Crippen molar-refractivity contribution in [2.24, 2.45) is 5.16 Å². The third-order valence-corrected chi connectivity index (χ3v) is 4.63. The van der Waals surface area contributed by atoms with Crippen molar-refractivity contribution in [3.8, 4) is 0 Å². The summed E-state index contributed by atoms with van der Waals surface area (Å²) in [5.74, 6) is -1.15. The summed E-state index contributed by atoms with van der Waals surface area (Å²) in [6.45, 7) is 0. The molecule has 4 rings (SSSR count). The molecule has 0 aliphatic carbocycles. The van der Waals surface area contributed by atoms with Crippen LogP contribution in [0.3, 0.4) is 0 Å². The molecule has 1 aromatic heterocycles. The van der Waals surface area contributed by atoms with Gasteiger partial charge in [-0.25, -0.2) is 13.8 Å². The number of rotatable bonds is 3. The van der Waals surface area contributed by atoms with Crippen LogP contribution in [0.2, 0.25) is 0 Å². The Morgan fingerprint density at radius 3 is 2.88 bits per heavy atom. The number of carbonyl (C=O) groups excluding carboxylic acids is 1. The van der Waals surface area contributed by atoms with E-state index in [2.05, 4.69) is 15.5 Å². The quantitative estimate of drug-likeness (QED) is 0.775. The van der Waals surface area contributed by atoms with Crippen LogP contribution in [0.25, 0.3) is 10.2 Å². The number of benzene rings is 2. The molecule has 0 radical (unpaired) electrons. The van der Waals surface area contributed by atoms with Gasteiger partial charge in [-0.3, -0.25) is 10.1 Å². The highest BCUT2D eigenvalue weighted by atomic mass is 32.1. The zero-order chi connectivity index (χ0) is 17.4. The second kappa shape index (κ2) is 6.21. The number of nitrogens with one attached hydrogen (secondary N) is 1. The molecule has 0 spiro atoms. The number of oxime groups is 1. The van der Waals surface area contributed by atoms with Gasteiger partial charge in [-0.1, -0.05) is 28.6 Å². The first kappa shape index (κ1) is 15.6. The van der Waals surface area contributed by atoms with Crippen molar-refractivity contribution >= 4 is 38.3 Å². The summed E-state index contributed by atoms with van der Waals surface area (Å²) < 4.78 is 27.1. The first-order valence-corrected chi connectivity index (χ1v) is 8.26. The van der Waals surface area contributed by atoms with Crippen LogP contribution in [-0.2, 0) is 9.63 Å². The Morgan fingerprint density at radius 2 is 2.04 bits per heavy atom. The average molecular weight is 359 g/mol. The van der Waals surface area contributed by atoms with E-state index in [1.807, 2.05) is 0 Å². The number of anilines is 1. The number of carbonyl (C=O) groups is 1. The first-order valence-electron chi connectivity index (χ1n) is 7.44. The van der Waals surface area contributed by atoms with Crippen LogP contribution in [0, 0.1) is 11.6 Å². The number of hydrogen-bond donors (Lipinski definition) is 1. The predicted molar refractivity (Wildman–Crippen MR) is 90.6 cm³/mol. The highest BCUT2D eigenvalue weighted by Gasteiger charge is 2.29. The molecule has 2 aromatic carbocycles. The molecule has 0 saturated heterocycles. The van der Waals surface area contributed by atoms with E-state index in [1.165, 1.54) is 35.6 Å². The summed E-state index contributed by atoms with van der Waals surface area (Å²) >= 11 is 1.17. The van der Waals surface area contributed by atoms with Gasteiger partial charge in [0.1, 0.15) is 11.6 Å². The largest absolute Gasteiger partial charge is 0.382 e. The fourth-order valence-corrected chi connectivity index (χ4v) is 3.39. The van der Waals surface area contributed by atoms with E-state index in [0.29, 0.717) is 26.6 Å². The van der Waals surface area contributed by atoms with E-state index < -0.39 is 12.0 Å². The van der Waals surface area contributed by atoms with E-state index in [-0.39, 0.29) is 18.1 Å². The number of thiazole rings is 1. The van der Waals surface area contributed by atoms with Gasteiger partial charge >= 0.3 is 0 Å². The smallest absolute Gasteiger partial charge is 0.270 e. The molecule has 126 valence electrons. The number of halogens is 2. The number of hydrogen-bond acceptors (Lipinski definition) is 5. The van der Waals surface area contributed by atoms with Gasteiger partial charge < -0.3 is 4.84 Å². The Kier molecular flexibility index (Phi) is 3.89. The Morgan fingerprint density at radius 1 is 1.20 bits per heavy atom. The maximum Gasteiger partial charge on any atom is 0.270 e. The number of aromatic nitrogens is 1. The van der Waals surface area contributed by atoms with E-state index in [4.69, 9.17) is 4.84 Å². The molecule has 1 aliphatic heterocycles. The zero-order valence-corrected chi connectivity index (χ0v) is 13.5. The lowest BCUT2D eigenvalue weighted by molar-refractivity contribution is -0.125. The van der Waals surface area contributed by atoms with Crippen LogP contribution in [0.4, 0.5) is 13.9 Å². The fourth-order valence-electron chi connectivity index (χ4n) is 2.49. The fraction of sp³-hybridized carbons (Fsp3) is 0.118. The van der Waals surface area contributed by atoms with Gasteiger partial charge in [0.2, 0.25) is 6.10 Å². The van der Waals surface area contributed by atoms with Gasteiger partial charge in [0.15, 0.2) is 5.13 Å². The van der Waals surface area contributed by atoms with Gasteiger partial charge in [-0.2, -0.15) is 0 Å². The summed E-state index contributed by atoms with van der Waals surface area (Å²) in [5.41, 5.74) is 1.68. The van der Waals surface area contributed by atoms with E-state index in [1.54, 1.807) is 18.2 Å². The van der Waals surface area contributed by atoms with Gasteiger partial charge in [0, 0.05) is 12.0 Å². The Labute approximate surface area is 144 Å². The molecular weight excluding hydrogens is 348 g/mol. The van der Waals surface area contributed by atoms with Crippen molar-refractivity contribution in [3.63, 3.8) is 0 Å². The molecule has 1 N–H and O–H groups in total. The van der Waals surface area contributed by atoms with Crippen LogP contribution in [0.15, 0.2) is 47.6 Å². The van der Waals surface area contributed by atoms with Gasteiger partial charge in [0.05, 0.1) is 15.9 Å². The topological polar surface area (TPSA) is 63.6 Å². The van der Waals surface area contributed by atoms with Crippen molar-refractivity contribution in [1.82, 2.24) is 4.98 Å². The lowest BCUT2D eigenvalue weighted by Gasteiger charge is -2.06. The minimum Gasteiger partial charge on any atom is -0.382 e. The van der Waals surface area contributed by atoms with E-state index in [9.17, 15) is 13.6 Å². The molecule has 1 unspecified atom stereocenters. The van der Waals surface area contributed by atoms with E-state index in [0.717, 1.165) is 0 Å². The van der Waals surface area contributed by atoms with Crippen molar-refractivity contribution in [2.75, 3.05) is 5.32 Å². The molecule has 1 aliphatic rings. The standard InChI is InChI=1S/C17H11F2N3O2S/c18-10-3-1-2-9(6-10)13-8-14(24-22-13)16(23)21-17-20-12-5-4-11(19)7-15(12)25-17/h1-7,14H,8H2,(H,20,21,23). The van der Waals surface area contributed by atoms with Crippen LogP contribution < -0.4 is 5.32 Å². The molecule has 0 fully saturated rings. The summed E-state index contributed by atoms with van der Waals surface area (Å²) in [6.07, 6.45) is -0.587. The Balaban J connectivity index is 1.45. The van der Waals surface area contributed by atoms with E-state index >= 15 is 0 Å². The summed E-state index contributed by atoms with van der Waals surface area (Å²) in [7, 11) is 0. The highest BCUT2D eigenvalue weighted by molar-refractivity contribution is 7.22. The zero-order valence-electron chi connectivity index (χ0n) is 12.7. The van der Waals surface area contributed by atoms with Gasteiger partial charge in [-0.15, -0.1) is 0 Å². The normalized spacial score (nSPS) is 16.6. The Hall–Kier alpha value is -2.87. The monoisotopic (exact) mass is 359 g/mol. The molecule has 3 aromatic rings. The maximum absolute atomic E-state index is 13.3. The molecule has 1 amide bonds. The second-order valence-electron chi connectivity index (χ2n) is 5.47. The molecule has 25 heavy (non-hydrogen) atoms. The highest BCUT2D eigenvalue weighted by Crippen LogP contribution is 2.27. The number of amides is 1. The lowest BCUT2D eigenvalue weighted by atomic mass is 10.0. The van der Waals surface area contributed by atoms with Crippen LogP contribution >= 0.6 is 11.3 Å². The van der Waals surface area contributed by atoms with Crippen molar-refractivity contribution in [2.45, 2.75) is 12.5 Å². The SMILES string of the molecule is O=C(Nc1nc2ccc(F)cc2s1)C1CC(c2cccc(F)c2)=NO1. The maximum atomic E-state index is 13.3. The van der Waals surface area contributed by atoms with Crippen molar-refractivity contribution < 1.29 is 18.4 Å². The minimum absolute atomic E-state index is 0.231. The third-order valence-electron chi connectivity index (χ3n) is 3.70.